The van der Waals surface area contributed by atoms with E-state index < -0.39 is 0 Å². The van der Waals surface area contributed by atoms with Crippen molar-refractivity contribution in [1.29, 1.82) is 0 Å². The van der Waals surface area contributed by atoms with Gasteiger partial charge in [-0.3, -0.25) is 4.90 Å². The van der Waals surface area contributed by atoms with E-state index in [4.69, 9.17) is 0 Å². The van der Waals surface area contributed by atoms with Crippen LogP contribution in [0, 0.1) is 18.7 Å². The Morgan fingerprint density at radius 1 is 1.30 bits per heavy atom. The fourth-order valence-electron chi connectivity index (χ4n) is 3.80. The van der Waals surface area contributed by atoms with Crippen LogP contribution in [0.2, 0.25) is 0 Å². The molecule has 2 unspecified atom stereocenters. The Balaban J connectivity index is 1.93. The average molecular weight is 276 g/mol. The van der Waals surface area contributed by atoms with Crippen LogP contribution in [0.5, 0.6) is 0 Å². The van der Waals surface area contributed by atoms with Gasteiger partial charge in [-0.1, -0.05) is 6.07 Å². The summed E-state index contributed by atoms with van der Waals surface area (Å²) in [6, 6.07) is 6.55. The lowest BCUT2D eigenvalue weighted by Gasteiger charge is -2.42. The molecule has 0 radical (unpaired) electrons. The first-order valence-corrected chi connectivity index (χ1v) is 7.87. The van der Waals surface area contributed by atoms with Crippen LogP contribution < -0.4 is 5.32 Å². The van der Waals surface area contributed by atoms with Crippen molar-refractivity contribution < 1.29 is 4.39 Å². The van der Waals surface area contributed by atoms with E-state index in [1.54, 1.807) is 12.1 Å². The fraction of sp³-hybridized carbons (Fsp3) is 0.647. The first-order valence-electron chi connectivity index (χ1n) is 7.87. The SMILES string of the molecule is CNCC1CCCN(C2CC2)C1c1ccc(F)cc1C. The van der Waals surface area contributed by atoms with Crippen molar-refractivity contribution in [3.63, 3.8) is 0 Å². The monoisotopic (exact) mass is 276 g/mol. The molecular formula is C17H25FN2. The summed E-state index contributed by atoms with van der Waals surface area (Å²) in [4.78, 5) is 2.69. The number of halogens is 1. The van der Waals surface area contributed by atoms with Crippen LogP contribution in [0.1, 0.15) is 42.9 Å². The second kappa shape index (κ2) is 5.82. The summed E-state index contributed by atoms with van der Waals surface area (Å²) < 4.78 is 13.4. The first kappa shape index (κ1) is 14.0. The lowest BCUT2D eigenvalue weighted by Crippen LogP contribution is -2.43. The molecule has 1 aromatic rings. The molecule has 0 spiro atoms. The summed E-state index contributed by atoms with van der Waals surface area (Å²) in [7, 11) is 2.03. The number of nitrogens with zero attached hydrogens (tertiary/aromatic N) is 1. The third-order valence-electron chi connectivity index (χ3n) is 4.83. The maximum Gasteiger partial charge on any atom is 0.123 e. The Labute approximate surface area is 121 Å². The normalized spacial score (nSPS) is 27.8. The predicted molar refractivity (Wildman–Crippen MR) is 80.3 cm³/mol. The summed E-state index contributed by atoms with van der Waals surface area (Å²) in [6.07, 6.45) is 5.23. The van der Waals surface area contributed by atoms with Gasteiger partial charge in [-0.2, -0.15) is 0 Å². The number of hydrogen-bond acceptors (Lipinski definition) is 2. The van der Waals surface area contributed by atoms with Gasteiger partial charge in [-0.05, 0) is 81.9 Å². The Morgan fingerprint density at radius 2 is 2.10 bits per heavy atom. The van der Waals surface area contributed by atoms with Crippen LogP contribution >= 0.6 is 0 Å². The van der Waals surface area contributed by atoms with E-state index in [1.807, 2.05) is 13.1 Å². The summed E-state index contributed by atoms with van der Waals surface area (Å²) in [6.45, 7) is 4.30. The Kier molecular flexibility index (Phi) is 4.08. The smallest absolute Gasteiger partial charge is 0.123 e. The summed E-state index contributed by atoms with van der Waals surface area (Å²) in [5, 5.41) is 3.35. The van der Waals surface area contributed by atoms with Crippen molar-refractivity contribution >= 4 is 0 Å². The molecule has 20 heavy (non-hydrogen) atoms. The maximum absolute atomic E-state index is 13.4. The highest BCUT2D eigenvalue weighted by molar-refractivity contribution is 5.31. The molecule has 1 aromatic carbocycles. The van der Waals surface area contributed by atoms with E-state index in [1.165, 1.54) is 37.8 Å². The number of piperidine rings is 1. The van der Waals surface area contributed by atoms with Gasteiger partial charge in [-0.25, -0.2) is 4.39 Å². The molecule has 1 heterocycles. The van der Waals surface area contributed by atoms with Crippen molar-refractivity contribution in [2.24, 2.45) is 5.92 Å². The topological polar surface area (TPSA) is 15.3 Å². The molecule has 0 bridgehead atoms. The fourth-order valence-corrected chi connectivity index (χ4v) is 3.80. The van der Waals surface area contributed by atoms with Gasteiger partial charge in [0.25, 0.3) is 0 Å². The molecule has 1 N–H and O–H groups in total. The lowest BCUT2D eigenvalue weighted by atomic mass is 9.82. The van der Waals surface area contributed by atoms with Gasteiger partial charge in [0, 0.05) is 12.1 Å². The second-order valence-corrected chi connectivity index (χ2v) is 6.37. The van der Waals surface area contributed by atoms with Crippen LogP contribution in [-0.2, 0) is 0 Å². The highest BCUT2D eigenvalue weighted by Gasteiger charge is 2.40. The molecule has 1 aliphatic heterocycles. The van der Waals surface area contributed by atoms with Crippen LogP contribution in [0.3, 0.4) is 0 Å². The number of nitrogens with one attached hydrogen (secondary N) is 1. The summed E-state index contributed by atoms with van der Waals surface area (Å²) >= 11 is 0. The highest BCUT2D eigenvalue weighted by atomic mass is 19.1. The molecule has 2 atom stereocenters. The van der Waals surface area contributed by atoms with E-state index in [9.17, 15) is 4.39 Å². The van der Waals surface area contributed by atoms with Crippen molar-refractivity contribution in [2.45, 2.75) is 44.7 Å². The van der Waals surface area contributed by atoms with Gasteiger partial charge in [0.05, 0.1) is 0 Å². The second-order valence-electron chi connectivity index (χ2n) is 6.37. The molecule has 0 amide bonds. The molecule has 0 aromatic heterocycles. The van der Waals surface area contributed by atoms with E-state index in [0.29, 0.717) is 12.0 Å². The van der Waals surface area contributed by atoms with E-state index in [2.05, 4.69) is 17.1 Å². The van der Waals surface area contributed by atoms with Gasteiger partial charge in [0.2, 0.25) is 0 Å². The van der Waals surface area contributed by atoms with Crippen LogP contribution in [0.25, 0.3) is 0 Å². The minimum atomic E-state index is -0.120. The van der Waals surface area contributed by atoms with Gasteiger partial charge in [-0.15, -0.1) is 0 Å². The maximum atomic E-state index is 13.4. The van der Waals surface area contributed by atoms with Gasteiger partial charge >= 0.3 is 0 Å². The van der Waals surface area contributed by atoms with E-state index >= 15 is 0 Å². The molecule has 2 nitrogen and oxygen atoms in total. The third kappa shape index (κ3) is 2.75. The Hall–Kier alpha value is -0.930. The zero-order valence-corrected chi connectivity index (χ0v) is 12.5. The Bertz CT molecular complexity index is 468. The molecule has 3 rings (SSSR count). The molecule has 2 fully saturated rings. The summed E-state index contributed by atoms with van der Waals surface area (Å²) in [5.74, 6) is 0.517. The van der Waals surface area contributed by atoms with Crippen LogP contribution in [0.15, 0.2) is 18.2 Å². The van der Waals surface area contributed by atoms with Crippen molar-refractivity contribution in [2.75, 3.05) is 20.1 Å². The number of hydrogen-bond donors (Lipinski definition) is 1. The number of aryl methyl sites for hydroxylation is 1. The zero-order valence-electron chi connectivity index (χ0n) is 12.5. The number of rotatable bonds is 4. The summed E-state index contributed by atoms with van der Waals surface area (Å²) in [5.41, 5.74) is 2.43. The molecule has 1 saturated heterocycles. The molecule has 3 heteroatoms. The third-order valence-corrected chi connectivity index (χ3v) is 4.83. The first-order chi connectivity index (χ1) is 9.70. The van der Waals surface area contributed by atoms with Crippen molar-refractivity contribution in [1.82, 2.24) is 10.2 Å². The van der Waals surface area contributed by atoms with E-state index in [0.717, 1.165) is 18.2 Å². The van der Waals surface area contributed by atoms with Gasteiger partial charge in [0.15, 0.2) is 0 Å². The van der Waals surface area contributed by atoms with Crippen molar-refractivity contribution in [3.8, 4) is 0 Å². The molecule has 110 valence electrons. The minimum absolute atomic E-state index is 0.120. The standard InChI is InChI=1S/C17H25FN2/c1-12-10-14(18)5-8-16(12)17-13(11-19-2)4-3-9-20(17)15-6-7-15/h5,8,10,13,15,17,19H,3-4,6-7,9,11H2,1-2H3. The highest BCUT2D eigenvalue weighted by Crippen LogP contribution is 2.43. The molecule has 1 aliphatic carbocycles. The number of likely N-dealkylation sites (tertiary alicyclic amines) is 1. The minimum Gasteiger partial charge on any atom is -0.319 e. The quantitative estimate of drug-likeness (QED) is 0.908. The van der Waals surface area contributed by atoms with E-state index in [-0.39, 0.29) is 5.82 Å². The lowest BCUT2D eigenvalue weighted by molar-refractivity contribution is 0.0840. The molecular weight excluding hydrogens is 251 g/mol. The van der Waals surface area contributed by atoms with Crippen LogP contribution in [0.4, 0.5) is 4.39 Å². The zero-order chi connectivity index (χ0) is 14.1. The van der Waals surface area contributed by atoms with Gasteiger partial charge in [0.1, 0.15) is 5.82 Å². The number of benzene rings is 1. The largest absolute Gasteiger partial charge is 0.319 e. The van der Waals surface area contributed by atoms with Gasteiger partial charge < -0.3 is 5.32 Å². The predicted octanol–water partition coefficient (Wildman–Crippen LogP) is 3.27. The van der Waals surface area contributed by atoms with Crippen LogP contribution in [-0.4, -0.2) is 31.1 Å². The molecule has 1 saturated carbocycles. The average Bonchev–Trinajstić information content (AvgIpc) is 3.24. The Morgan fingerprint density at radius 3 is 2.75 bits per heavy atom. The molecule has 2 aliphatic rings. The van der Waals surface area contributed by atoms with Crippen molar-refractivity contribution in [3.05, 3.63) is 35.1 Å².